The molecule has 0 N–H and O–H groups in total. The van der Waals surface area contributed by atoms with E-state index in [1.165, 1.54) is 24.5 Å². The van der Waals surface area contributed by atoms with Gasteiger partial charge in [0.05, 0.1) is 5.02 Å². The normalized spacial score (nSPS) is 11.2. The summed E-state index contributed by atoms with van der Waals surface area (Å²) in [6.07, 6.45) is -1.62. The highest BCUT2D eigenvalue weighted by Gasteiger charge is 2.31. The second kappa shape index (κ2) is 5.50. The molecule has 0 spiro atoms. The molecule has 1 aromatic heterocycles. The molecule has 1 aromatic carbocycles. The van der Waals surface area contributed by atoms with Crippen LogP contribution in [-0.4, -0.2) is 17.6 Å². The van der Waals surface area contributed by atoms with Gasteiger partial charge in [-0.2, -0.15) is 0 Å². The van der Waals surface area contributed by atoms with Crippen molar-refractivity contribution in [3.63, 3.8) is 0 Å². The number of alkyl halides is 3. The maximum absolute atomic E-state index is 12.2. The van der Waals surface area contributed by atoms with Gasteiger partial charge < -0.3 is 4.74 Å². The monoisotopic (exact) mass is 301 g/mol. The molecule has 0 saturated carbocycles. The Morgan fingerprint density at radius 3 is 2.65 bits per heavy atom. The summed E-state index contributed by atoms with van der Waals surface area (Å²) < 4.78 is 40.3. The lowest BCUT2D eigenvalue weighted by molar-refractivity contribution is -0.274. The number of benzene rings is 1. The zero-order chi connectivity index (χ0) is 14.8. The third-order valence-electron chi connectivity index (χ3n) is 2.44. The summed E-state index contributed by atoms with van der Waals surface area (Å²) in [5, 5.41) is 0.125. The maximum Gasteiger partial charge on any atom is 0.573 e. The smallest absolute Gasteiger partial charge is 0.406 e. The lowest BCUT2D eigenvalue weighted by atomic mass is 10.0. The van der Waals surface area contributed by atoms with Crippen molar-refractivity contribution in [1.29, 1.82) is 0 Å². The zero-order valence-electron chi connectivity index (χ0n) is 9.82. The SMILES string of the molecule is O=Cc1c(Cl)cncc1-c1cccc(OC(F)(F)F)c1. The van der Waals surface area contributed by atoms with E-state index in [0.29, 0.717) is 17.4 Å². The standard InChI is InChI=1S/C13H7ClF3NO2/c14-12-6-18-5-10(11(12)7-19)8-2-1-3-9(4-8)20-13(15,16)17/h1-7H. The summed E-state index contributed by atoms with van der Waals surface area (Å²) in [4.78, 5) is 14.8. The minimum Gasteiger partial charge on any atom is -0.406 e. The van der Waals surface area contributed by atoms with Gasteiger partial charge in [-0.25, -0.2) is 0 Å². The van der Waals surface area contributed by atoms with Crippen molar-refractivity contribution in [1.82, 2.24) is 4.98 Å². The molecule has 0 fully saturated rings. The van der Waals surface area contributed by atoms with Crippen LogP contribution in [0.4, 0.5) is 13.2 Å². The Kier molecular flexibility index (Phi) is 3.94. The van der Waals surface area contributed by atoms with Crippen LogP contribution in [-0.2, 0) is 0 Å². The average molecular weight is 302 g/mol. The van der Waals surface area contributed by atoms with E-state index in [1.54, 1.807) is 0 Å². The number of carbonyl (C=O) groups excluding carboxylic acids is 1. The molecule has 2 aromatic rings. The number of pyridine rings is 1. The molecule has 0 amide bonds. The molecule has 104 valence electrons. The van der Waals surface area contributed by atoms with Crippen molar-refractivity contribution in [2.24, 2.45) is 0 Å². The molecule has 0 bridgehead atoms. The van der Waals surface area contributed by atoms with Gasteiger partial charge in [-0.05, 0) is 17.7 Å². The molecule has 3 nitrogen and oxygen atoms in total. The second-order valence-corrected chi connectivity index (χ2v) is 4.18. The largest absolute Gasteiger partial charge is 0.573 e. The highest BCUT2D eigenvalue weighted by Crippen LogP contribution is 2.31. The molecule has 1 heterocycles. The molecule has 2 rings (SSSR count). The number of ether oxygens (including phenoxy) is 1. The summed E-state index contributed by atoms with van der Waals surface area (Å²) >= 11 is 5.82. The van der Waals surface area contributed by atoms with Gasteiger partial charge in [-0.3, -0.25) is 9.78 Å². The van der Waals surface area contributed by atoms with Gasteiger partial charge in [0.1, 0.15) is 5.75 Å². The van der Waals surface area contributed by atoms with E-state index in [2.05, 4.69) is 9.72 Å². The van der Waals surface area contributed by atoms with Crippen molar-refractivity contribution in [2.75, 3.05) is 0 Å². The van der Waals surface area contributed by atoms with Gasteiger partial charge in [-0.15, -0.1) is 13.2 Å². The van der Waals surface area contributed by atoms with Gasteiger partial charge in [-0.1, -0.05) is 23.7 Å². The van der Waals surface area contributed by atoms with Gasteiger partial charge in [0, 0.05) is 23.5 Å². The quantitative estimate of drug-likeness (QED) is 0.801. The van der Waals surface area contributed by atoms with E-state index in [9.17, 15) is 18.0 Å². The number of hydrogen-bond donors (Lipinski definition) is 0. The Bertz CT molecular complexity index is 644. The predicted molar refractivity (Wildman–Crippen MR) is 66.8 cm³/mol. The molecule has 0 aliphatic rings. The zero-order valence-corrected chi connectivity index (χ0v) is 10.6. The van der Waals surface area contributed by atoms with Gasteiger partial charge >= 0.3 is 6.36 Å². The van der Waals surface area contributed by atoms with Crippen LogP contribution in [0.15, 0.2) is 36.7 Å². The predicted octanol–water partition coefficient (Wildman–Crippen LogP) is 4.11. The second-order valence-electron chi connectivity index (χ2n) is 3.78. The Labute approximate surface area is 117 Å². The van der Waals surface area contributed by atoms with E-state index < -0.39 is 6.36 Å². The molecule has 0 aliphatic carbocycles. The average Bonchev–Trinajstić information content (AvgIpc) is 2.36. The molecule has 0 unspecified atom stereocenters. The summed E-state index contributed by atoms with van der Waals surface area (Å²) in [6.45, 7) is 0. The number of aldehydes is 1. The van der Waals surface area contributed by atoms with Crippen LogP contribution < -0.4 is 4.74 Å². The van der Waals surface area contributed by atoms with Crippen molar-refractivity contribution in [2.45, 2.75) is 6.36 Å². The minimum atomic E-state index is -4.78. The van der Waals surface area contributed by atoms with E-state index >= 15 is 0 Å². The van der Waals surface area contributed by atoms with Crippen LogP contribution in [0, 0.1) is 0 Å². The van der Waals surface area contributed by atoms with Crippen LogP contribution in [0.1, 0.15) is 10.4 Å². The minimum absolute atomic E-state index is 0.125. The van der Waals surface area contributed by atoms with Crippen molar-refractivity contribution >= 4 is 17.9 Å². The third kappa shape index (κ3) is 3.27. The van der Waals surface area contributed by atoms with Gasteiger partial charge in [0.25, 0.3) is 0 Å². The first-order valence-electron chi connectivity index (χ1n) is 5.35. The van der Waals surface area contributed by atoms with E-state index in [-0.39, 0.29) is 16.3 Å². The van der Waals surface area contributed by atoms with Crippen LogP contribution in [0.5, 0.6) is 5.75 Å². The number of carbonyl (C=O) groups is 1. The molecule has 0 radical (unpaired) electrons. The molecule has 0 saturated heterocycles. The summed E-state index contributed by atoms with van der Waals surface area (Å²) in [5.41, 5.74) is 0.842. The van der Waals surface area contributed by atoms with Gasteiger partial charge in [0.15, 0.2) is 6.29 Å². The fourth-order valence-electron chi connectivity index (χ4n) is 1.66. The Balaban J connectivity index is 2.46. The third-order valence-corrected chi connectivity index (χ3v) is 2.74. The highest BCUT2D eigenvalue weighted by atomic mass is 35.5. The number of rotatable bonds is 3. The summed E-state index contributed by atoms with van der Waals surface area (Å²) in [5.74, 6) is -0.383. The lowest BCUT2D eigenvalue weighted by Crippen LogP contribution is -2.17. The van der Waals surface area contributed by atoms with Crippen LogP contribution in [0.3, 0.4) is 0 Å². The lowest BCUT2D eigenvalue weighted by Gasteiger charge is -2.11. The molecule has 0 aliphatic heterocycles. The number of aromatic nitrogens is 1. The topological polar surface area (TPSA) is 39.2 Å². The Morgan fingerprint density at radius 1 is 1.25 bits per heavy atom. The molecular weight excluding hydrogens is 295 g/mol. The van der Waals surface area contributed by atoms with Gasteiger partial charge in [0.2, 0.25) is 0 Å². The van der Waals surface area contributed by atoms with Crippen molar-refractivity contribution in [3.8, 4) is 16.9 Å². The van der Waals surface area contributed by atoms with Crippen LogP contribution in [0.2, 0.25) is 5.02 Å². The first kappa shape index (κ1) is 14.3. The first-order valence-corrected chi connectivity index (χ1v) is 5.73. The van der Waals surface area contributed by atoms with Crippen LogP contribution >= 0.6 is 11.6 Å². The molecule has 20 heavy (non-hydrogen) atoms. The van der Waals surface area contributed by atoms with Crippen molar-refractivity contribution in [3.05, 3.63) is 47.2 Å². The fraction of sp³-hybridized carbons (Fsp3) is 0.0769. The molecule has 7 heteroatoms. The Hall–Kier alpha value is -2.08. The number of halogens is 4. The summed E-state index contributed by atoms with van der Waals surface area (Å²) in [6, 6.07) is 5.23. The van der Waals surface area contributed by atoms with E-state index in [4.69, 9.17) is 11.6 Å². The highest BCUT2D eigenvalue weighted by molar-refractivity contribution is 6.33. The first-order chi connectivity index (χ1) is 9.40. The molecular formula is C13H7ClF3NO2. The number of hydrogen-bond acceptors (Lipinski definition) is 3. The fourth-order valence-corrected chi connectivity index (χ4v) is 1.86. The number of nitrogens with zero attached hydrogens (tertiary/aromatic N) is 1. The Morgan fingerprint density at radius 2 is 2.00 bits per heavy atom. The van der Waals surface area contributed by atoms with E-state index in [1.807, 2.05) is 0 Å². The maximum atomic E-state index is 12.2. The van der Waals surface area contributed by atoms with E-state index in [0.717, 1.165) is 12.1 Å². The van der Waals surface area contributed by atoms with Crippen LogP contribution in [0.25, 0.3) is 11.1 Å². The molecule has 0 atom stereocenters. The van der Waals surface area contributed by atoms with Crippen molar-refractivity contribution < 1.29 is 22.7 Å². The summed E-state index contributed by atoms with van der Waals surface area (Å²) in [7, 11) is 0.